The van der Waals surface area contributed by atoms with Crippen molar-refractivity contribution in [3.63, 3.8) is 0 Å². The number of rotatable bonds is 2. The summed E-state index contributed by atoms with van der Waals surface area (Å²) in [6.45, 7) is 1.32. The molecule has 0 bridgehead atoms. The molecule has 2 N–H and O–H groups in total. The fraction of sp³-hybridized carbons (Fsp3) is 0.750. The predicted octanol–water partition coefficient (Wildman–Crippen LogP) is -0.164. The second kappa shape index (κ2) is 5.37. The number of hydrogen-bond donors (Lipinski definition) is 2. The molecule has 6 heteroatoms. The van der Waals surface area contributed by atoms with Crippen molar-refractivity contribution in [1.29, 1.82) is 0 Å². The number of carboxylic acids is 1. The van der Waals surface area contributed by atoms with Gasteiger partial charge in [-0.2, -0.15) is 0 Å². The van der Waals surface area contributed by atoms with Crippen molar-refractivity contribution in [3.8, 4) is 0 Å². The monoisotopic (exact) mass is 254 g/mol. The van der Waals surface area contributed by atoms with Gasteiger partial charge in [0.2, 0.25) is 11.8 Å². The van der Waals surface area contributed by atoms with Crippen LogP contribution in [0.1, 0.15) is 25.7 Å². The summed E-state index contributed by atoms with van der Waals surface area (Å²) in [6, 6.07) is 0. The van der Waals surface area contributed by atoms with E-state index in [0.29, 0.717) is 38.9 Å². The number of aliphatic carboxylic acids is 1. The Bertz CT molecular complexity index is 359. The van der Waals surface area contributed by atoms with Gasteiger partial charge < -0.3 is 15.3 Å². The molecule has 0 aromatic heterocycles. The molecule has 0 aromatic carbocycles. The average Bonchev–Trinajstić information content (AvgIpc) is 2.39. The van der Waals surface area contributed by atoms with Crippen molar-refractivity contribution in [2.45, 2.75) is 25.7 Å². The molecule has 2 heterocycles. The fourth-order valence-electron chi connectivity index (χ4n) is 2.58. The number of carbonyl (C=O) groups excluding carboxylic acids is 2. The van der Waals surface area contributed by atoms with Gasteiger partial charge in [-0.1, -0.05) is 0 Å². The Morgan fingerprint density at radius 3 is 2.67 bits per heavy atom. The van der Waals surface area contributed by atoms with Crippen LogP contribution in [0.4, 0.5) is 0 Å². The van der Waals surface area contributed by atoms with Crippen LogP contribution in [-0.2, 0) is 14.4 Å². The molecule has 2 rings (SSSR count). The standard InChI is InChI=1S/C12H18N2O4/c15-10-4-3-8(6-13-10)11(16)14-5-1-2-9(7-14)12(17)18/h8-9H,1-7H2,(H,13,15)(H,17,18). The van der Waals surface area contributed by atoms with Crippen LogP contribution in [0.2, 0.25) is 0 Å². The number of piperidine rings is 2. The Hall–Kier alpha value is -1.59. The lowest BCUT2D eigenvalue weighted by Gasteiger charge is -2.34. The van der Waals surface area contributed by atoms with Gasteiger partial charge in [0, 0.05) is 26.1 Å². The summed E-state index contributed by atoms with van der Waals surface area (Å²) in [7, 11) is 0. The SMILES string of the molecule is O=C1CCC(C(=O)N2CCCC(C(=O)O)C2)CN1. The molecule has 6 nitrogen and oxygen atoms in total. The zero-order valence-corrected chi connectivity index (χ0v) is 10.2. The van der Waals surface area contributed by atoms with Gasteiger partial charge in [-0.05, 0) is 19.3 Å². The number of hydrogen-bond acceptors (Lipinski definition) is 3. The molecular weight excluding hydrogens is 236 g/mol. The van der Waals surface area contributed by atoms with Crippen molar-refractivity contribution in [2.24, 2.45) is 11.8 Å². The highest BCUT2D eigenvalue weighted by molar-refractivity contribution is 5.84. The van der Waals surface area contributed by atoms with E-state index in [2.05, 4.69) is 5.32 Å². The van der Waals surface area contributed by atoms with Crippen molar-refractivity contribution >= 4 is 17.8 Å². The minimum Gasteiger partial charge on any atom is -0.481 e. The molecule has 100 valence electrons. The van der Waals surface area contributed by atoms with Crippen LogP contribution in [0.5, 0.6) is 0 Å². The second-order valence-electron chi connectivity index (χ2n) is 5.00. The Morgan fingerprint density at radius 2 is 2.06 bits per heavy atom. The number of amides is 2. The minimum absolute atomic E-state index is 0.0129. The van der Waals surface area contributed by atoms with E-state index in [-0.39, 0.29) is 17.7 Å². The third-order valence-electron chi connectivity index (χ3n) is 3.70. The molecule has 2 amide bonds. The quantitative estimate of drug-likeness (QED) is 0.716. The highest BCUT2D eigenvalue weighted by Crippen LogP contribution is 2.21. The molecule has 0 spiro atoms. The molecular formula is C12H18N2O4. The molecule has 2 atom stereocenters. The molecule has 2 aliphatic heterocycles. The van der Waals surface area contributed by atoms with Gasteiger partial charge in [0.25, 0.3) is 0 Å². The van der Waals surface area contributed by atoms with Gasteiger partial charge in [-0.3, -0.25) is 14.4 Å². The summed E-state index contributed by atoms with van der Waals surface area (Å²) < 4.78 is 0. The summed E-state index contributed by atoms with van der Waals surface area (Å²) in [5, 5.41) is 11.7. The second-order valence-corrected chi connectivity index (χ2v) is 5.00. The Kier molecular flexibility index (Phi) is 3.84. The maximum Gasteiger partial charge on any atom is 0.308 e. The maximum absolute atomic E-state index is 12.2. The first-order valence-electron chi connectivity index (χ1n) is 6.36. The fourth-order valence-corrected chi connectivity index (χ4v) is 2.58. The highest BCUT2D eigenvalue weighted by atomic mass is 16.4. The summed E-state index contributed by atoms with van der Waals surface area (Å²) in [6.07, 6.45) is 2.33. The zero-order valence-electron chi connectivity index (χ0n) is 10.2. The van der Waals surface area contributed by atoms with Crippen LogP contribution >= 0.6 is 0 Å². The van der Waals surface area contributed by atoms with E-state index < -0.39 is 11.9 Å². The third-order valence-corrected chi connectivity index (χ3v) is 3.70. The van der Waals surface area contributed by atoms with Gasteiger partial charge in [0.15, 0.2) is 0 Å². The van der Waals surface area contributed by atoms with Crippen LogP contribution in [0, 0.1) is 11.8 Å². The molecule has 0 aliphatic carbocycles. The van der Waals surface area contributed by atoms with E-state index in [1.807, 2.05) is 0 Å². The van der Waals surface area contributed by atoms with E-state index >= 15 is 0 Å². The van der Waals surface area contributed by atoms with Gasteiger partial charge in [0.1, 0.15) is 0 Å². The van der Waals surface area contributed by atoms with Crippen LogP contribution in [0.25, 0.3) is 0 Å². The van der Waals surface area contributed by atoms with Crippen LogP contribution in [0.3, 0.4) is 0 Å². The first-order valence-corrected chi connectivity index (χ1v) is 6.36. The molecule has 18 heavy (non-hydrogen) atoms. The van der Waals surface area contributed by atoms with E-state index in [0.717, 1.165) is 6.42 Å². The zero-order chi connectivity index (χ0) is 13.1. The number of nitrogens with zero attached hydrogens (tertiary/aromatic N) is 1. The third kappa shape index (κ3) is 2.80. The Balaban J connectivity index is 1.92. The summed E-state index contributed by atoms with van der Waals surface area (Å²) >= 11 is 0. The van der Waals surface area contributed by atoms with Crippen LogP contribution < -0.4 is 5.32 Å². The number of nitrogens with one attached hydrogen (secondary N) is 1. The van der Waals surface area contributed by atoms with Crippen molar-refractivity contribution in [3.05, 3.63) is 0 Å². The lowest BCUT2D eigenvalue weighted by molar-refractivity contribution is -0.147. The van der Waals surface area contributed by atoms with Crippen molar-refractivity contribution in [2.75, 3.05) is 19.6 Å². The topological polar surface area (TPSA) is 86.7 Å². The molecule has 0 saturated carbocycles. The van der Waals surface area contributed by atoms with Crippen molar-refractivity contribution < 1.29 is 19.5 Å². The Labute approximate surface area is 105 Å². The van der Waals surface area contributed by atoms with Gasteiger partial charge >= 0.3 is 5.97 Å². The number of carboxylic acid groups (broad SMARTS) is 1. The highest BCUT2D eigenvalue weighted by Gasteiger charge is 2.33. The molecule has 0 aromatic rings. The van der Waals surface area contributed by atoms with Crippen LogP contribution in [-0.4, -0.2) is 47.4 Å². The normalized spacial score (nSPS) is 28.7. The van der Waals surface area contributed by atoms with Crippen molar-refractivity contribution in [1.82, 2.24) is 10.2 Å². The van der Waals surface area contributed by atoms with Gasteiger partial charge in [-0.15, -0.1) is 0 Å². The predicted molar refractivity (Wildman–Crippen MR) is 62.7 cm³/mol. The number of likely N-dealkylation sites (tertiary alicyclic amines) is 1. The smallest absolute Gasteiger partial charge is 0.308 e. The minimum atomic E-state index is -0.829. The van der Waals surface area contributed by atoms with E-state index in [4.69, 9.17) is 5.11 Å². The molecule has 2 aliphatic rings. The molecule has 2 saturated heterocycles. The molecule has 0 radical (unpaired) electrons. The first-order chi connectivity index (χ1) is 8.58. The summed E-state index contributed by atoms with van der Waals surface area (Å²) in [5.74, 6) is -1.48. The summed E-state index contributed by atoms with van der Waals surface area (Å²) in [5.41, 5.74) is 0. The average molecular weight is 254 g/mol. The van der Waals surface area contributed by atoms with E-state index in [1.54, 1.807) is 4.90 Å². The first kappa shape index (κ1) is 12.9. The molecule has 2 unspecified atom stereocenters. The lowest BCUT2D eigenvalue weighted by Crippen LogP contribution is -2.49. The van der Waals surface area contributed by atoms with Crippen LogP contribution in [0.15, 0.2) is 0 Å². The van der Waals surface area contributed by atoms with Gasteiger partial charge in [-0.25, -0.2) is 0 Å². The van der Waals surface area contributed by atoms with E-state index in [1.165, 1.54) is 0 Å². The lowest BCUT2D eigenvalue weighted by atomic mass is 9.93. The summed E-state index contributed by atoms with van der Waals surface area (Å²) in [4.78, 5) is 35.8. The number of carbonyl (C=O) groups is 3. The maximum atomic E-state index is 12.2. The van der Waals surface area contributed by atoms with E-state index in [9.17, 15) is 14.4 Å². The Morgan fingerprint density at radius 1 is 1.28 bits per heavy atom. The largest absolute Gasteiger partial charge is 0.481 e. The van der Waals surface area contributed by atoms with Gasteiger partial charge in [0.05, 0.1) is 11.8 Å². The molecule has 2 fully saturated rings.